The van der Waals surface area contributed by atoms with E-state index in [9.17, 15) is 4.79 Å². The lowest BCUT2D eigenvalue weighted by atomic mass is 9.89. The molecule has 118 valence electrons. The molecule has 1 unspecified atom stereocenters. The van der Waals surface area contributed by atoms with Crippen molar-refractivity contribution in [2.75, 3.05) is 0 Å². The zero-order valence-corrected chi connectivity index (χ0v) is 14.6. The van der Waals surface area contributed by atoms with Gasteiger partial charge in [0, 0.05) is 17.8 Å². The Morgan fingerprint density at radius 1 is 1.18 bits per heavy atom. The zero-order valence-electron chi connectivity index (χ0n) is 12.3. The lowest BCUT2D eigenvalue weighted by molar-refractivity contribution is -0.137. The van der Waals surface area contributed by atoms with Gasteiger partial charge in [-0.1, -0.05) is 55.6 Å². The van der Waals surface area contributed by atoms with Gasteiger partial charge in [0.25, 0.3) is 0 Å². The molecule has 0 aliphatic carbocycles. The van der Waals surface area contributed by atoms with Crippen molar-refractivity contribution in [3.63, 3.8) is 0 Å². The van der Waals surface area contributed by atoms with Crippen molar-refractivity contribution in [3.05, 3.63) is 45.8 Å². The van der Waals surface area contributed by atoms with E-state index >= 15 is 0 Å². The molecule has 2 aromatic heterocycles. The van der Waals surface area contributed by atoms with Crippen molar-refractivity contribution >= 4 is 40.6 Å². The number of rotatable bonds is 4. The molecule has 0 saturated heterocycles. The summed E-state index contributed by atoms with van der Waals surface area (Å²) in [6.45, 7) is 5.46. The molecule has 0 aromatic carbocycles. The first-order valence-corrected chi connectivity index (χ1v) is 7.68. The fourth-order valence-corrected chi connectivity index (χ4v) is 2.28. The van der Waals surface area contributed by atoms with Crippen LogP contribution in [-0.4, -0.2) is 15.3 Å². The molecule has 0 aliphatic rings. The van der Waals surface area contributed by atoms with Gasteiger partial charge >= 0.3 is 0 Å². The molecule has 0 N–H and O–H groups in total. The topological polar surface area (TPSA) is 44.1 Å². The summed E-state index contributed by atoms with van der Waals surface area (Å²) in [6.07, 6.45) is 2.58. The van der Waals surface area contributed by atoms with Gasteiger partial charge in [-0.15, -0.1) is 0 Å². The van der Waals surface area contributed by atoms with Crippen LogP contribution in [-0.2, 0) is 4.79 Å². The van der Waals surface area contributed by atoms with E-state index in [1.807, 2.05) is 20.8 Å². The monoisotopic (exact) mass is 360 g/mol. The van der Waals surface area contributed by atoms with Crippen LogP contribution in [0.2, 0.25) is 15.2 Å². The van der Waals surface area contributed by atoms with Crippen LogP contribution in [0.1, 0.15) is 27.0 Å². The van der Waals surface area contributed by atoms with Gasteiger partial charge in [-0.25, -0.2) is 0 Å². The lowest BCUT2D eigenvalue weighted by Crippen LogP contribution is -2.33. The van der Waals surface area contributed by atoms with Gasteiger partial charge in [0.05, 0.1) is 5.02 Å². The molecule has 4 nitrogen and oxygen atoms in total. The lowest BCUT2D eigenvalue weighted by Gasteiger charge is -2.26. The molecular weight excluding hydrogens is 347 g/mol. The van der Waals surface area contributed by atoms with E-state index in [0.717, 1.165) is 0 Å². The van der Waals surface area contributed by atoms with Crippen molar-refractivity contribution in [3.8, 4) is 5.88 Å². The van der Waals surface area contributed by atoms with E-state index in [2.05, 4.69) is 4.98 Å². The van der Waals surface area contributed by atoms with Crippen molar-refractivity contribution in [1.29, 1.82) is 0 Å². The highest BCUT2D eigenvalue weighted by Crippen LogP contribution is 2.33. The maximum Gasteiger partial charge on any atom is 0.237 e. The summed E-state index contributed by atoms with van der Waals surface area (Å²) in [4.78, 5) is 16.7. The molecule has 0 saturated carbocycles. The third-order valence-corrected chi connectivity index (χ3v) is 3.88. The van der Waals surface area contributed by atoms with Crippen molar-refractivity contribution in [2.24, 2.45) is 5.41 Å². The molecule has 7 heteroatoms. The number of carbonyl (C=O) groups is 1. The molecule has 0 fully saturated rings. The Balaban J connectivity index is 2.40. The van der Waals surface area contributed by atoms with E-state index < -0.39 is 11.6 Å². The summed E-state index contributed by atoms with van der Waals surface area (Å²) in [7, 11) is 0. The van der Waals surface area contributed by atoms with Crippen molar-refractivity contribution in [2.45, 2.75) is 27.0 Å². The third-order valence-electron chi connectivity index (χ3n) is 2.94. The number of Topliss-reactive ketones (excluding diaryl/α,β-unsaturated/α-hetero) is 1. The molecule has 0 spiro atoms. The minimum absolute atomic E-state index is 0.0624. The molecule has 0 amide bonds. The molecule has 0 aliphatic heterocycles. The van der Waals surface area contributed by atoms with Crippen LogP contribution in [0.25, 0.3) is 0 Å². The number of carbonyl (C=O) groups excluding carboxylic acids is 1. The van der Waals surface area contributed by atoms with Crippen LogP contribution in [0.15, 0.2) is 30.6 Å². The van der Waals surface area contributed by atoms with Crippen LogP contribution in [0.4, 0.5) is 0 Å². The second-order valence-corrected chi connectivity index (χ2v) is 6.94. The fourth-order valence-electron chi connectivity index (χ4n) is 1.74. The van der Waals surface area contributed by atoms with Gasteiger partial charge in [0.15, 0.2) is 10.9 Å². The van der Waals surface area contributed by atoms with Crippen LogP contribution in [0, 0.1) is 5.41 Å². The molecule has 1 atom stereocenters. The summed E-state index contributed by atoms with van der Waals surface area (Å²) in [5, 5.41) is 0.475. The van der Waals surface area contributed by atoms with Gasteiger partial charge in [-0.05, 0) is 18.2 Å². The first-order chi connectivity index (χ1) is 10.2. The summed E-state index contributed by atoms with van der Waals surface area (Å²) in [5.41, 5.74) is -0.600. The minimum Gasteiger partial charge on any atom is -0.444 e. The van der Waals surface area contributed by atoms with Gasteiger partial charge < -0.3 is 9.30 Å². The average Bonchev–Trinajstić information content (AvgIpc) is 2.93. The molecule has 0 radical (unpaired) electrons. The van der Waals surface area contributed by atoms with Gasteiger partial charge in [-0.2, -0.15) is 4.98 Å². The smallest absolute Gasteiger partial charge is 0.237 e. The normalized spacial score (nSPS) is 13.0. The van der Waals surface area contributed by atoms with E-state index in [4.69, 9.17) is 39.5 Å². The van der Waals surface area contributed by atoms with Crippen LogP contribution >= 0.6 is 34.8 Å². The number of ketones is 1. The van der Waals surface area contributed by atoms with E-state index in [-0.39, 0.29) is 26.9 Å². The SMILES string of the molecule is CC(C)(C)C(=O)C(Oc1nc(Cl)c(Cl)cc1Cl)n1cccc1. The summed E-state index contributed by atoms with van der Waals surface area (Å²) >= 11 is 17.8. The second-order valence-electron chi connectivity index (χ2n) is 5.76. The number of hydrogen-bond acceptors (Lipinski definition) is 3. The largest absolute Gasteiger partial charge is 0.444 e. The number of nitrogens with zero attached hydrogens (tertiary/aromatic N) is 2. The number of hydrogen-bond donors (Lipinski definition) is 0. The molecule has 0 bridgehead atoms. The van der Waals surface area contributed by atoms with Gasteiger partial charge in [-0.3, -0.25) is 4.79 Å². The maximum absolute atomic E-state index is 12.7. The van der Waals surface area contributed by atoms with Gasteiger partial charge in [0.2, 0.25) is 12.1 Å². The number of pyridine rings is 1. The Kier molecular flexibility index (Phi) is 5.05. The number of ether oxygens (including phenoxy) is 1. The van der Waals surface area contributed by atoms with Crippen molar-refractivity contribution < 1.29 is 9.53 Å². The van der Waals surface area contributed by atoms with Crippen LogP contribution in [0.3, 0.4) is 0 Å². The minimum atomic E-state index is -0.891. The number of halogens is 3. The van der Waals surface area contributed by atoms with Crippen molar-refractivity contribution in [1.82, 2.24) is 9.55 Å². The highest BCUT2D eigenvalue weighted by atomic mass is 35.5. The van der Waals surface area contributed by atoms with Crippen LogP contribution in [0.5, 0.6) is 5.88 Å². The van der Waals surface area contributed by atoms with E-state index in [1.54, 1.807) is 29.1 Å². The highest BCUT2D eigenvalue weighted by Gasteiger charge is 2.33. The molecular formula is C15H15Cl3N2O2. The average molecular weight is 362 g/mol. The highest BCUT2D eigenvalue weighted by molar-refractivity contribution is 6.42. The summed E-state index contributed by atoms with van der Waals surface area (Å²) < 4.78 is 7.39. The van der Waals surface area contributed by atoms with Crippen LogP contribution < -0.4 is 4.74 Å². The predicted molar refractivity (Wildman–Crippen MR) is 87.8 cm³/mol. The third kappa shape index (κ3) is 3.75. The predicted octanol–water partition coefficient (Wildman–Crippen LogP) is 5.04. The Bertz CT molecular complexity index is 679. The van der Waals surface area contributed by atoms with E-state index in [0.29, 0.717) is 0 Å². The molecule has 2 heterocycles. The second kappa shape index (κ2) is 6.49. The quantitative estimate of drug-likeness (QED) is 0.717. The Labute approximate surface area is 144 Å². The molecule has 22 heavy (non-hydrogen) atoms. The Morgan fingerprint density at radius 2 is 1.77 bits per heavy atom. The fraction of sp³-hybridized carbons (Fsp3) is 0.333. The Hall–Kier alpha value is -1.23. The van der Waals surface area contributed by atoms with E-state index in [1.165, 1.54) is 6.07 Å². The summed E-state index contributed by atoms with van der Waals surface area (Å²) in [5.74, 6) is -0.0556. The number of aromatic nitrogens is 2. The first kappa shape index (κ1) is 17.1. The standard InChI is InChI=1S/C15H15Cl3N2O2/c1-15(2,3)11(21)14(20-6-4-5-7-20)22-13-10(17)8-9(16)12(18)19-13/h4-8,14H,1-3H3. The zero-order chi connectivity index (χ0) is 16.5. The first-order valence-electron chi connectivity index (χ1n) is 6.55. The maximum atomic E-state index is 12.7. The molecule has 2 aromatic rings. The van der Waals surface area contributed by atoms with Gasteiger partial charge in [0.1, 0.15) is 5.02 Å². The Morgan fingerprint density at radius 3 is 2.32 bits per heavy atom. The molecule has 2 rings (SSSR count). The summed E-state index contributed by atoms with van der Waals surface area (Å²) in [6, 6.07) is 5.04.